The highest BCUT2D eigenvalue weighted by Gasteiger charge is 2.19. The van der Waals surface area contributed by atoms with Gasteiger partial charge >= 0.3 is 0 Å². The molecular formula is C15H27NO2. The Balaban J connectivity index is 2.15. The number of hydrogen-bond acceptors (Lipinski definition) is 3. The molecule has 1 heterocycles. The number of hydrogen-bond donors (Lipinski definition) is 1. The number of nitrogens with two attached hydrogens (primary N) is 1. The molecule has 104 valence electrons. The molecule has 0 aliphatic carbocycles. The molecule has 3 heteroatoms. The molecule has 0 saturated heterocycles. The standard InChI is InChI=1S/C15H27NO2/c1-3-4-5-6-7-8-11-18-15(13(2)16)14-10-9-12-17-14/h9-10,12-13,15H,3-8,11,16H2,1-2H3. The minimum Gasteiger partial charge on any atom is -0.467 e. The molecule has 0 amide bonds. The molecule has 3 nitrogen and oxygen atoms in total. The average molecular weight is 253 g/mol. The lowest BCUT2D eigenvalue weighted by atomic mass is 10.1. The molecule has 0 spiro atoms. The van der Waals surface area contributed by atoms with Crippen molar-refractivity contribution in [2.75, 3.05) is 6.61 Å². The predicted octanol–water partition coefficient (Wildman–Crippen LogP) is 4.05. The van der Waals surface area contributed by atoms with Gasteiger partial charge in [0.25, 0.3) is 0 Å². The fraction of sp³-hybridized carbons (Fsp3) is 0.733. The SMILES string of the molecule is CCCCCCCCOC(c1ccco1)C(C)N. The summed E-state index contributed by atoms with van der Waals surface area (Å²) in [5.74, 6) is 0.830. The van der Waals surface area contributed by atoms with Crippen molar-refractivity contribution in [3.63, 3.8) is 0 Å². The summed E-state index contributed by atoms with van der Waals surface area (Å²) in [7, 11) is 0. The van der Waals surface area contributed by atoms with E-state index < -0.39 is 0 Å². The van der Waals surface area contributed by atoms with E-state index in [0.717, 1.165) is 18.8 Å². The van der Waals surface area contributed by atoms with Gasteiger partial charge in [-0.05, 0) is 25.5 Å². The van der Waals surface area contributed by atoms with E-state index in [4.69, 9.17) is 14.9 Å². The van der Waals surface area contributed by atoms with E-state index in [0.29, 0.717) is 0 Å². The highest BCUT2D eigenvalue weighted by Crippen LogP contribution is 2.21. The van der Waals surface area contributed by atoms with Crippen molar-refractivity contribution in [3.05, 3.63) is 24.2 Å². The van der Waals surface area contributed by atoms with Crippen LogP contribution in [0.2, 0.25) is 0 Å². The average Bonchev–Trinajstić information content (AvgIpc) is 2.85. The summed E-state index contributed by atoms with van der Waals surface area (Å²) in [6.45, 7) is 4.95. The Morgan fingerprint density at radius 1 is 1.22 bits per heavy atom. The van der Waals surface area contributed by atoms with E-state index in [1.807, 2.05) is 19.1 Å². The highest BCUT2D eigenvalue weighted by atomic mass is 16.5. The Hall–Kier alpha value is -0.800. The number of unbranched alkanes of at least 4 members (excludes halogenated alkanes) is 5. The molecule has 2 atom stereocenters. The van der Waals surface area contributed by atoms with Crippen LogP contribution in [-0.2, 0) is 4.74 Å². The van der Waals surface area contributed by atoms with Crippen LogP contribution in [-0.4, -0.2) is 12.6 Å². The van der Waals surface area contributed by atoms with Crippen molar-refractivity contribution < 1.29 is 9.15 Å². The van der Waals surface area contributed by atoms with E-state index in [9.17, 15) is 0 Å². The van der Waals surface area contributed by atoms with Crippen molar-refractivity contribution in [1.82, 2.24) is 0 Å². The maximum atomic E-state index is 5.92. The van der Waals surface area contributed by atoms with Crippen molar-refractivity contribution >= 4 is 0 Å². The molecular weight excluding hydrogens is 226 g/mol. The molecule has 1 rings (SSSR count). The van der Waals surface area contributed by atoms with Gasteiger partial charge in [-0.25, -0.2) is 0 Å². The molecule has 0 aliphatic heterocycles. The molecule has 1 aromatic rings. The van der Waals surface area contributed by atoms with Crippen LogP contribution >= 0.6 is 0 Å². The summed E-state index contributed by atoms with van der Waals surface area (Å²) in [4.78, 5) is 0. The van der Waals surface area contributed by atoms with Gasteiger partial charge in [-0.3, -0.25) is 0 Å². The summed E-state index contributed by atoms with van der Waals surface area (Å²) in [5.41, 5.74) is 5.92. The van der Waals surface area contributed by atoms with E-state index >= 15 is 0 Å². The first kappa shape index (κ1) is 15.3. The van der Waals surface area contributed by atoms with Crippen LogP contribution in [0.1, 0.15) is 64.2 Å². The van der Waals surface area contributed by atoms with Crippen LogP contribution in [0.4, 0.5) is 0 Å². The van der Waals surface area contributed by atoms with Gasteiger partial charge in [0, 0.05) is 12.6 Å². The summed E-state index contributed by atoms with van der Waals surface area (Å²) in [6.07, 6.45) is 9.18. The van der Waals surface area contributed by atoms with E-state index in [1.54, 1.807) is 6.26 Å². The van der Waals surface area contributed by atoms with Crippen molar-refractivity contribution in [1.29, 1.82) is 0 Å². The zero-order valence-electron chi connectivity index (χ0n) is 11.7. The van der Waals surface area contributed by atoms with Crippen LogP contribution in [0.15, 0.2) is 22.8 Å². The molecule has 1 aromatic heterocycles. The van der Waals surface area contributed by atoms with E-state index in [1.165, 1.54) is 32.1 Å². The lowest BCUT2D eigenvalue weighted by Gasteiger charge is -2.19. The van der Waals surface area contributed by atoms with Crippen molar-refractivity contribution in [2.24, 2.45) is 5.73 Å². The molecule has 0 saturated carbocycles. The molecule has 0 bridgehead atoms. The molecule has 0 fully saturated rings. The van der Waals surface area contributed by atoms with Gasteiger partial charge in [0.15, 0.2) is 0 Å². The highest BCUT2D eigenvalue weighted by molar-refractivity contribution is 5.04. The van der Waals surface area contributed by atoms with Crippen LogP contribution in [0.3, 0.4) is 0 Å². The minimum atomic E-state index is -0.115. The largest absolute Gasteiger partial charge is 0.467 e. The lowest BCUT2D eigenvalue weighted by Crippen LogP contribution is -2.27. The van der Waals surface area contributed by atoms with Gasteiger partial charge in [-0.2, -0.15) is 0 Å². The molecule has 2 N–H and O–H groups in total. The maximum Gasteiger partial charge on any atom is 0.134 e. The number of rotatable bonds is 10. The second kappa shape index (κ2) is 9.17. The quantitative estimate of drug-likeness (QED) is 0.640. The fourth-order valence-electron chi connectivity index (χ4n) is 2.04. The number of furan rings is 1. The van der Waals surface area contributed by atoms with Crippen LogP contribution < -0.4 is 5.73 Å². The third-order valence-electron chi connectivity index (χ3n) is 3.10. The minimum absolute atomic E-state index is 0.0451. The second-order valence-corrected chi connectivity index (χ2v) is 4.93. The normalized spacial score (nSPS) is 14.6. The lowest BCUT2D eigenvalue weighted by molar-refractivity contribution is 0.0216. The van der Waals surface area contributed by atoms with Gasteiger partial charge in [0.05, 0.1) is 6.26 Å². The fourth-order valence-corrected chi connectivity index (χ4v) is 2.04. The summed E-state index contributed by atoms with van der Waals surface area (Å²) >= 11 is 0. The molecule has 0 radical (unpaired) electrons. The maximum absolute atomic E-state index is 5.92. The molecule has 0 aliphatic rings. The van der Waals surface area contributed by atoms with Gasteiger partial charge in [-0.1, -0.05) is 39.0 Å². The van der Waals surface area contributed by atoms with Crippen molar-refractivity contribution in [3.8, 4) is 0 Å². The Labute approximate surface area is 111 Å². The van der Waals surface area contributed by atoms with Gasteiger partial charge in [-0.15, -0.1) is 0 Å². The topological polar surface area (TPSA) is 48.4 Å². The first-order chi connectivity index (χ1) is 8.75. The monoisotopic (exact) mass is 253 g/mol. The van der Waals surface area contributed by atoms with Crippen LogP contribution in [0.25, 0.3) is 0 Å². The zero-order valence-corrected chi connectivity index (χ0v) is 11.7. The summed E-state index contributed by atoms with van der Waals surface area (Å²) < 4.78 is 11.2. The molecule has 2 unspecified atom stereocenters. The molecule has 18 heavy (non-hydrogen) atoms. The van der Waals surface area contributed by atoms with E-state index in [2.05, 4.69) is 6.92 Å². The zero-order chi connectivity index (χ0) is 13.2. The first-order valence-corrected chi connectivity index (χ1v) is 7.16. The summed E-state index contributed by atoms with van der Waals surface area (Å²) in [5, 5.41) is 0. The first-order valence-electron chi connectivity index (χ1n) is 7.16. The second-order valence-electron chi connectivity index (χ2n) is 4.93. The van der Waals surface area contributed by atoms with Gasteiger partial charge in [0.2, 0.25) is 0 Å². The smallest absolute Gasteiger partial charge is 0.134 e. The van der Waals surface area contributed by atoms with Gasteiger partial charge < -0.3 is 14.9 Å². The van der Waals surface area contributed by atoms with Crippen molar-refractivity contribution in [2.45, 2.75) is 64.5 Å². The van der Waals surface area contributed by atoms with Crippen LogP contribution in [0, 0.1) is 0 Å². The third-order valence-corrected chi connectivity index (χ3v) is 3.10. The molecule has 0 aromatic carbocycles. The predicted molar refractivity (Wildman–Crippen MR) is 74.4 cm³/mol. The Bertz CT molecular complexity index is 283. The summed E-state index contributed by atoms with van der Waals surface area (Å²) in [6, 6.07) is 3.75. The Morgan fingerprint density at radius 2 is 1.94 bits per heavy atom. The van der Waals surface area contributed by atoms with E-state index in [-0.39, 0.29) is 12.1 Å². The Kier molecular flexibility index (Phi) is 7.78. The third kappa shape index (κ3) is 5.69. The van der Waals surface area contributed by atoms with Crippen LogP contribution in [0.5, 0.6) is 0 Å². The Morgan fingerprint density at radius 3 is 2.56 bits per heavy atom. The van der Waals surface area contributed by atoms with Gasteiger partial charge in [0.1, 0.15) is 11.9 Å². The number of ether oxygens (including phenoxy) is 1.